The Morgan fingerprint density at radius 2 is 1.27 bits per heavy atom. The zero-order valence-corrected chi connectivity index (χ0v) is 10.8. The van der Waals surface area contributed by atoms with Crippen molar-refractivity contribution in [2.75, 3.05) is 37.9 Å². The van der Waals surface area contributed by atoms with Gasteiger partial charge in [-0.1, -0.05) is 0 Å². The lowest BCUT2D eigenvalue weighted by molar-refractivity contribution is 0.121. The summed E-state index contributed by atoms with van der Waals surface area (Å²) >= 11 is 4.01. The summed E-state index contributed by atoms with van der Waals surface area (Å²) in [6.45, 7) is 3.82. The second kappa shape index (κ2) is 7.05. The molecule has 2 fully saturated rings. The topological polar surface area (TPSA) is 18.5 Å². The van der Waals surface area contributed by atoms with Crippen molar-refractivity contribution in [1.29, 1.82) is 0 Å². The molecule has 0 spiro atoms. The van der Waals surface area contributed by atoms with Gasteiger partial charge in [-0.25, -0.2) is 0 Å². The Morgan fingerprint density at radius 1 is 0.800 bits per heavy atom. The van der Waals surface area contributed by atoms with Crippen LogP contribution in [-0.4, -0.2) is 48.4 Å². The van der Waals surface area contributed by atoms with Crippen molar-refractivity contribution in [1.82, 2.24) is 0 Å². The van der Waals surface area contributed by atoms with Gasteiger partial charge in [0, 0.05) is 35.2 Å². The SMILES string of the molecule is C(CCOCC1CS1)CCOCC1CS1. The second-order valence-electron chi connectivity index (χ2n) is 4.12. The largest absolute Gasteiger partial charge is 0.380 e. The van der Waals surface area contributed by atoms with Crippen LogP contribution in [-0.2, 0) is 9.47 Å². The minimum atomic E-state index is 0.823. The van der Waals surface area contributed by atoms with Crippen molar-refractivity contribution in [3.8, 4) is 0 Å². The van der Waals surface area contributed by atoms with Crippen LogP contribution in [0.2, 0.25) is 0 Å². The standard InChI is InChI=1S/C11H20O2S2/c1(2-4-12-6-10-8-14-10)3-5-13-7-11-9-15-11/h10-11H,1-9H2. The molecule has 2 aliphatic heterocycles. The third-order valence-electron chi connectivity index (χ3n) is 2.49. The number of hydrogen-bond donors (Lipinski definition) is 0. The van der Waals surface area contributed by atoms with Crippen LogP contribution >= 0.6 is 23.5 Å². The first-order chi connectivity index (χ1) is 7.45. The van der Waals surface area contributed by atoms with Gasteiger partial charge in [0.1, 0.15) is 0 Å². The maximum atomic E-state index is 5.55. The molecule has 4 heteroatoms. The van der Waals surface area contributed by atoms with Crippen molar-refractivity contribution in [3.63, 3.8) is 0 Å². The minimum Gasteiger partial charge on any atom is -0.380 e. The van der Waals surface area contributed by atoms with Crippen molar-refractivity contribution >= 4 is 23.5 Å². The van der Waals surface area contributed by atoms with E-state index >= 15 is 0 Å². The number of hydrogen-bond acceptors (Lipinski definition) is 4. The van der Waals surface area contributed by atoms with Crippen LogP contribution < -0.4 is 0 Å². The molecular weight excluding hydrogens is 228 g/mol. The monoisotopic (exact) mass is 248 g/mol. The summed E-state index contributed by atoms with van der Waals surface area (Å²) in [5.74, 6) is 2.63. The Labute approximate surface area is 101 Å². The highest BCUT2D eigenvalue weighted by Gasteiger charge is 2.22. The molecule has 0 N–H and O–H groups in total. The molecule has 0 aliphatic carbocycles. The van der Waals surface area contributed by atoms with Crippen LogP contribution in [0.5, 0.6) is 0 Å². The first-order valence-corrected chi connectivity index (χ1v) is 7.93. The molecule has 0 aromatic heterocycles. The zero-order valence-electron chi connectivity index (χ0n) is 9.15. The molecule has 15 heavy (non-hydrogen) atoms. The molecule has 2 nitrogen and oxygen atoms in total. The first-order valence-electron chi connectivity index (χ1n) is 5.84. The Bertz CT molecular complexity index is 152. The molecule has 0 radical (unpaired) electrons. The Morgan fingerprint density at radius 3 is 1.67 bits per heavy atom. The van der Waals surface area contributed by atoms with E-state index in [1.807, 2.05) is 23.5 Å². The summed E-state index contributed by atoms with van der Waals surface area (Å²) in [6.07, 6.45) is 3.63. The van der Waals surface area contributed by atoms with Crippen molar-refractivity contribution < 1.29 is 9.47 Å². The lowest BCUT2D eigenvalue weighted by Crippen LogP contribution is -2.04. The van der Waals surface area contributed by atoms with Crippen molar-refractivity contribution in [2.45, 2.75) is 29.8 Å². The molecule has 0 aromatic rings. The number of thioether (sulfide) groups is 2. The normalized spacial score (nSPS) is 28.0. The van der Waals surface area contributed by atoms with E-state index in [0.29, 0.717) is 0 Å². The fraction of sp³-hybridized carbons (Fsp3) is 1.00. The highest BCUT2D eigenvalue weighted by Crippen LogP contribution is 2.30. The summed E-state index contributed by atoms with van der Waals surface area (Å²) in [4.78, 5) is 0. The minimum absolute atomic E-state index is 0.823. The van der Waals surface area contributed by atoms with Gasteiger partial charge in [0.25, 0.3) is 0 Å². The van der Waals surface area contributed by atoms with E-state index in [-0.39, 0.29) is 0 Å². The van der Waals surface area contributed by atoms with E-state index in [9.17, 15) is 0 Å². The Kier molecular flexibility index (Phi) is 5.68. The van der Waals surface area contributed by atoms with Crippen molar-refractivity contribution in [3.05, 3.63) is 0 Å². The lowest BCUT2D eigenvalue weighted by atomic mass is 10.2. The van der Waals surface area contributed by atoms with Gasteiger partial charge >= 0.3 is 0 Å². The fourth-order valence-electron chi connectivity index (χ4n) is 1.34. The predicted octanol–water partition coefficient (Wildman–Crippen LogP) is 2.42. The lowest BCUT2D eigenvalue weighted by Gasteiger charge is -2.03. The van der Waals surface area contributed by atoms with Gasteiger partial charge in [-0.2, -0.15) is 23.5 Å². The van der Waals surface area contributed by atoms with Gasteiger partial charge in [-0.05, 0) is 19.3 Å². The number of unbranched alkanes of at least 4 members (excludes halogenated alkanes) is 2. The van der Waals surface area contributed by atoms with Crippen molar-refractivity contribution in [2.24, 2.45) is 0 Å². The average Bonchev–Trinajstić information content (AvgIpc) is 3.10. The Balaban J connectivity index is 1.23. The predicted molar refractivity (Wildman–Crippen MR) is 68.0 cm³/mol. The molecule has 2 unspecified atom stereocenters. The van der Waals surface area contributed by atoms with E-state index in [1.165, 1.54) is 30.8 Å². The summed E-state index contributed by atoms with van der Waals surface area (Å²) in [6, 6.07) is 0. The molecule has 0 amide bonds. The number of rotatable bonds is 10. The molecule has 2 rings (SSSR count). The number of ether oxygens (including phenoxy) is 2. The van der Waals surface area contributed by atoms with E-state index in [4.69, 9.17) is 9.47 Å². The van der Waals surface area contributed by atoms with Gasteiger partial charge in [-0.15, -0.1) is 0 Å². The van der Waals surface area contributed by atoms with E-state index < -0.39 is 0 Å². The third-order valence-corrected chi connectivity index (χ3v) is 4.37. The fourth-order valence-corrected chi connectivity index (χ4v) is 2.19. The van der Waals surface area contributed by atoms with Crippen LogP contribution in [0.15, 0.2) is 0 Å². The quantitative estimate of drug-likeness (QED) is 0.436. The highest BCUT2D eigenvalue weighted by molar-refractivity contribution is 8.07. The maximum Gasteiger partial charge on any atom is 0.0593 e. The molecule has 2 saturated heterocycles. The van der Waals surface area contributed by atoms with Gasteiger partial charge in [0.05, 0.1) is 13.2 Å². The second-order valence-corrected chi connectivity index (χ2v) is 6.79. The molecule has 2 atom stereocenters. The van der Waals surface area contributed by atoms with Crippen LogP contribution in [0, 0.1) is 0 Å². The molecule has 2 heterocycles. The van der Waals surface area contributed by atoms with Gasteiger partial charge in [0.2, 0.25) is 0 Å². The van der Waals surface area contributed by atoms with Gasteiger partial charge in [0.15, 0.2) is 0 Å². The van der Waals surface area contributed by atoms with Gasteiger partial charge in [-0.3, -0.25) is 0 Å². The molecule has 0 bridgehead atoms. The molecular formula is C11H20O2S2. The molecule has 2 aliphatic rings. The molecule has 88 valence electrons. The first kappa shape index (κ1) is 12.1. The van der Waals surface area contributed by atoms with E-state index in [1.54, 1.807) is 0 Å². The van der Waals surface area contributed by atoms with Crippen LogP contribution in [0.3, 0.4) is 0 Å². The van der Waals surface area contributed by atoms with Crippen LogP contribution in [0.1, 0.15) is 19.3 Å². The maximum absolute atomic E-state index is 5.55. The average molecular weight is 248 g/mol. The van der Waals surface area contributed by atoms with Crippen LogP contribution in [0.25, 0.3) is 0 Å². The van der Waals surface area contributed by atoms with E-state index in [2.05, 4.69) is 0 Å². The third kappa shape index (κ3) is 6.72. The zero-order chi connectivity index (χ0) is 10.3. The molecule has 0 aromatic carbocycles. The summed E-state index contributed by atoms with van der Waals surface area (Å²) in [5, 5.41) is 1.65. The Hall–Kier alpha value is 0.620. The summed E-state index contributed by atoms with van der Waals surface area (Å²) in [7, 11) is 0. The van der Waals surface area contributed by atoms with Gasteiger partial charge < -0.3 is 9.47 Å². The van der Waals surface area contributed by atoms with Crippen LogP contribution in [0.4, 0.5) is 0 Å². The molecule has 0 saturated carbocycles. The summed E-state index contributed by atoms with van der Waals surface area (Å²) < 4.78 is 11.1. The smallest absolute Gasteiger partial charge is 0.0593 e. The highest BCUT2D eigenvalue weighted by atomic mass is 32.2. The van der Waals surface area contributed by atoms with E-state index in [0.717, 1.165) is 36.9 Å². The summed E-state index contributed by atoms with van der Waals surface area (Å²) in [5.41, 5.74) is 0.